The minimum atomic E-state index is 0.184. The van der Waals surface area contributed by atoms with E-state index in [-0.39, 0.29) is 5.91 Å². The Morgan fingerprint density at radius 1 is 1.42 bits per heavy atom. The zero-order valence-corrected chi connectivity index (χ0v) is 12.7. The van der Waals surface area contributed by atoms with Gasteiger partial charge < -0.3 is 10.2 Å². The van der Waals surface area contributed by atoms with Crippen molar-refractivity contribution >= 4 is 21.8 Å². The van der Waals surface area contributed by atoms with Crippen LogP contribution in [0, 0.1) is 12.8 Å². The van der Waals surface area contributed by atoms with Crippen molar-refractivity contribution in [2.45, 2.75) is 25.8 Å². The normalized spacial score (nSPS) is 26.3. The second kappa shape index (κ2) is 5.25. The Labute approximate surface area is 122 Å². The van der Waals surface area contributed by atoms with Crippen molar-refractivity contribution in [1.29, 1.82) is 0 Å². The van der Waals surface area contributed by atoms with E-state index in [9.17, 15) is 4.79 Å². The van der Waals surface area contributed by atoms with Gasteiger partial charge in [0, 0.05) is 29.2 Å². The molecule has 2 atom stereocenters. The molecule has 0 saturated carbocycles. The molecule has 0 bridgehead atoms. The molecule has 102 valence electrons. The zero-order chi connectivity index (χ0) is 13.4. The number of carbonyl (C=O) groups excluding carboxylic acids is 1. The number of amides is 1. The minimum Gasteiger partial charge on any atom is -0.338 e. The monoisotopic (exact) mass is 322 g/mol. The molecular formula is C15H19BrN2O. The van der Waals surface area contributed by atoms with Gasteiger partial charge in [0.15, 0.2) is 0 Å². The SMILES string of the molecule is Cc1ccc(Br)cc1C(=O)N1CCC2NCCC2C1. The van der Waals surface area contributed by atoms with Crippen molar-refractivity contribution in [2.24, 2.45) is 5.92 Å². The van der Waals surface area contributed by atoms with Crippen LogP contribution in [0.5, 0.6) is 0 Å². The van der Waals surface area contributed by atoms with Crippen LogP contribution in [-0.4, -0.2) is 36.5 Å². The fraction of sp³-hybridized carbons (Fsp3) is 0.533. The van der Waals surface area contributed by atoms with Gasteiger partial charge in [0.1, 0.15) is 0 Å². The van der Waals surface area contributed by atoms with Crippen LogP contribution in [0.3, 0.4) is 0 Å². The molecule has 2 heterocycles. The largest absolute Gasteiger partial charge is 0.338 e. The fourth-order valence-electron chi connectivity index (χ4n) is 3.23. The first kappa shape index (κ1) is 13.1. The van der Waals surface area contributed by atoms with E-state index in [0.717, 1.165) is 41.7 Å². The Morgan fingerprint density at radius 2 is 2.26 bits per heavy atom. The number of hydrogen-bond acceptors (Lipinski definition) is 2. The third-order valence-electron chi connectivity index (χ3n) is 4.37. The van der Waals surface area contributed by atoms with E-state index in [2.05, 4.69) is 21.2 Å². The average Bonchev–Trinajstić information content (AvgIpc) is 2.88. The van der Waals surface area contributed by atoms with Crippen LogP contribution in [0.15, 0.2) is 22.7 Å². The molecule has 1 aromatic rings. The molecule has 2 unspecified atom stereocenters. The van der Waals surface area contributed by atoms with E-state index in [1.165, 1.54) is 6.42 Å². The first-order valence-electron chi connectivity index (χ1n) is 6.94. The third-order valence-corrected chi connectivity index (χ3v) is 4.87. The van der Waals surface area contributed by atoms with Crippen molar-refractivity contribution in [3.05, 3.63) is 33.8 Å². The number of carbonyl (C=O) groups is 1. The minimum absolute atomic E-state index is 0.184. The van der Waals surface area contributed by atoms with Gasteiger partial charge in [-0.1, -0.05) is 22.0 Å². The molecule has 19 heavy (non-hydrogen) atoms. The van der Waals surface area contributed by atoms with Crippen LogP contribution in [0.25, 0.3) is 0 Å². The van der Waals surface area contributed by atoms with Gasteiger partial charge in [-0.2, -0.15) is 0 Å². The molecule has 3 nitrogen and oxygen atoms in total. The second-order valence-electron chi connectivity index (χ2n) is 5.61. The van der Waals surface area contributed by atoms with Crippen LogP contribution in [0.1, 0.15) is 28.8 Å². The first-order valence-corrected chi connectivity index (χ1v) is 7.73. The summed E-state index contributed by atoms with van der Waals surface area (Å²) in [5, 5.41) is 3.53. The molecule has 0 spiro atoms. The Kier molecular flexibility index (Phi) is 3.63. The summed E-state index contributed by atoms with van der Waals surface area (Å²) < 4.78 is 0.971. The molecule has 0 radical (unpaired) electrons. The number of nitrogens with zero attached hydrogens (tertiary/aromatic N) is 1. The molecule has 1 aromatic carbocycles. The molecule has 1 N–H and O–H groups in total. The summed E-state index contributed by atoms with van der Waals surface area (Å²) in [4.78, 5) is 14.7. The van der Waals surface area contributed by atoms with Crippen LogP contribution < -0.4 is 5.32 Å². The maximum absolute atomic E-state index is 12.6. The number of nitrogens with one attached hydrogen (secondary N) is 1. The quantitative estimate of drug-likeness (QED) is 0.862. The summed E-state index contributed by atoms with van der Waals surface area (Å²) >= 11 is 3.45. The summed E-state index contributed by atoms with van der Waals surface area (Å²) in [6.07, 6.45) is 2.29. The van der Waals surface area contributed by atoms with E-state index in [0.29, 0.717) is 12.0 Å². The van der Waals surface area contributed by atoms with Gasteiger partial charge in [0.05, 0.1) is 0 Å². The zero-order valence-electron chi connectivity index (χ0n) is 11.2. The Balaban J connectivity index is 1.78. The Hall–Kier alpha value is -0.870. The van der Waals surface area contributed by atoms with E-state index in [1.54, 1.807) is 0 Å². The molecular weight excluding hydrogens is 304 g/mol. The van der Waals surface area contributed by atoms with Crippen molar-refractivity contribution in [1.82, 2.24) is 10.2 Å². The number of rotatable bonds is 1. The lowest BCUT2D eigenvalue weighted by atomic mass is 9.92. The molecule has 2 saturated heterocycles. The molecule has 1 amide bonds. The topological polar surface area (TPSA) is 32.3 Å². The van der Waals surface area contributed by atoms with E-state index in [1.807, 2.05) is 30.0 Å². The van der Waals surface area contributed by atoms with Crippen LogP contribution in [0.2, 0.25) is 0 Å². The van der Waals surface area contributed by atoms with Gasteiger partial charge in [0.2, 0.25) is 0 Å². The molecule has 3 rings (SSSR count). The smallest absolute Gasteiger partial charge is 0.254 e. The van der Waals surface area contributed by atoms with E-state index in [4.69, 9.17) is 0 Å². The first-order chi connectivity index (χ1) is 9.15. The highest BCUT2D eigenvalue weighted by Gasteiger charge is 2.34. The number of fused-ring (bicyclic) bond motifs is 1. The lowest BCUT2D eigenvalue weighted by Crippen LogP contribution is -2.47. The molecule has 2 aliphatic heterocycles. The van der Waals surface area contributed by atoms with Gasteiger partial charge in [-0.15, -0.1) is 0 Å². The lowest BCUT2D eigenvalue weighted by molar-refractivity contribution is 0.0661. The number of benzene rings is 1. The number of hydrogen-bond donors (Lipinski definition) is 1. The third kappa shape index (κ3) is 2.56. The van der Waals surface area contributed by atoms with E-state index >= 15 is 0 Å². The Morgan fingerprint density at radius 3 is 3.11 bits per heavy atom. The van der Waals surface area contributed by atoms with Crippen molar-refractivity contribution < 1.29 is 4.79 Å². The number of halogens is 1. The summed E-state index contributed by atoms with van der Waals surface area (Å²) in [5.74, 6) is 0.828. The van der Waals surface area contributed by atoms with Gasteiger partial charge in [0.25, 0.3) is 5.91 Å². The predicted molar refractivity (Wildman–Crippen MR) is 79.3 cm³/mol. The Bertz CT molecular complexity index is 503. The molecule has 2 aliphatic rings. The van der Waals surface area contributed by atoms with Crippen LogP contribution in [0.4, 0.5) is 0 Å². The summed E-state index contributed by atoms with van der Waals surface area (Å²) in [7, 11) is 0. The van der Waals surface area contributed by atoms with Crippen LogP contribution in [-0.2, 0) is 0 Å². The van der Waals surface area contributed by atoms with Gasteiger partial charge in [-0.3, -0.25) is 4.79 Å². The highest BCUT2D eigenvalue weighted by molar-refractivity contribution is 9.10. The van der Waals surface area contributed by atoms with Gasteiger partial charge in [-0.05, 0) is 49.9 Å². The maximum Gasteiger partial charge on any atom is 0.254 e. The standard InChI is InChI=1S/C15H19BrN2O/c1-10-2-3-12(16)8-13(10)15(19)18-7-5-14-11(9-18)4-6-17-14/h2-3,8,11,14,17H,4-7,9H2,1H3. The molecule has 2 fully saturated rings. The molecule has 4 heteroatoms. The summed E-state index contributed by atoms with van der Waals surface area (Å²) in [5.41, 5.74) is 1.89. The maximum atomic E-state index is 12.6. The molecule has 0 aromatic heterocycles. The van der Waals surface area contributed by atoms with Gasteiger partial charge >= 0.3 is 0 Å². The van der Waals surface area contributed by atoms with E-state index < -0.39 is 0 Å². The lowest BCUT2D eigenvalue weighted by Gasteiger charge is -2.35. The van der Waals surface area contributed by atoms with Crippen molar-refractivity contribution in [3.8, 4) is 0 Å². The van der Waals surface area contributed by atoms with Crippen molar-refractivity contribution in [2.75, 3.05) is 19.6 Å². The highest BCUT2D eigenvalue weighted by atomic mass is 79.9. The van der Waals surface area contributed by atoms with Crippen molar-refractivity contribution in [3.63, 3.8) is 0 Å². The molecule has 0 aliphatic carbocycles. The second-order valence-corrected chi connectivity index (χ2v) is 6.52. The van der Waals surface area contributed by atoms with Gasteiger partial charge in [-0.25, -0.2) is 0 Å². The number of piperidine rings is 1. The predicted octanol–water partition coefficient (Wildman–Crippen LogP) is 2.58. The number of likely N-dealkylation sites (tertiary alicyclic amines) is 1. The summed E-state index contributed by atoms with van der Waals surface area (Å²) in [6, 6.07) is 6.56. The average molecular weight is 323 g/mol. The summed E-state index contributed by atoms with van der Waals surface area (Å²) in [6.45, 7) is 4.89. The van der Waals surface area contributed by atoms with Crippen LogP contribution >= 0.6 is 15.9 Å². The number of aryl methyl sites for hydroxylation is 1. The highest BCUT2D eigenvalue weighted by Crippen LogP contribution is 2.26. The fourth-order valence-corrected chi connectivity index (χ4v) is 3.59.